The van der Waals surface area contributed by atoms with E-state index in [0.717, 1.165) is 25.9 Å². The molecule has 1 saturated heterocycles. The molecule has 0 radical (unpaired) electrons. The van der Waals surface area contributed by atoms with Crippen molar-refractivity contribution in [2.45, 2.75) is 32.1 Å². The Bertz CT molecular complexity index is 714. The minimum Gasteiger partial charge on any atom is -0.368 e. The first-order chi connectivity index (χ1) is 12.4. The van der Waals surface area contributed by atoms with Crippen LogP contribution in [0.1, 0.15) is 42.5 Å². The summed E-state index contributed by atoms with van der Waals surface area (Å²) in [7, 11) is 1.52. The summed E-state index contributed by atoms with van der Waals surface area (Å²) in [5, 5.41) is 2.89. The Labute approximate surface area is 153 Å². The van der Waals surface area contributed by atoms with E-state index in [4.69, 9.17) is 5.73 Å². The molecular weight excluding hydrogens is 332 g/mol. The Morgan fingerprint density at radius 1 is 1.19 bits per heavy atom. The number of nitrogens with zero attached hydrogens (tertiary/aromatic N) is 2. The molecule has 0 aromatic heterocycles. The van der Waals surface area contributed by atoms with Gasteiger partial charge >= 0.3 is 6.03 Å². The van der Waals surface area contributed by atoms with Gasteiger partial charge in [0.25, 0.3) is 5.91 Å². The van der Waals surface area contributed by atoms with Gasteiger partial charge in [-0.2, -0.15) is 0 Å². The van der Waals surface area contributed by atoms with E-state index in [1.54, 1.807) is 24.3 Å². The smallest absolute Gasteiger partial charge is 0.321 e. The highest BCUT2D eigenvalue weighted by Gasteiger charge is 2.43. The number of hydrogen-bond acceptors (Lipinski definition) is 3. The van der Waals surface area contributed by atoms with Gasteiger partial charge in [0.05, 0.1) is 6.54 Å². The molecule has 1 spiro atoms. The minimum absolute atomic E-state index is 0.127. The van der Waals surface area contributed by atoms with Crippen molar-refractivity contribution in [1.29, 1.82) is 0 Å². The van der Waals surface area contributed by atoms with Crippen LogP contribution in [0.2, 0.25) is 0 Å². The normalized spacial score (nSPS) is 18.1. The number of amides is 4. The SMILES string of the molecule is CN(CC(N)=O)C(=O)c1cccc(NC(=O)N2CCCC3(CC2)CC3)c1. The second kappa shape index (κ2) is 7.35. The minimum atomic E-state index is -0.570. The number of urea groups is 1. The van der Waals surface area contributed by atoms with Gasteiger partial charge in [-0.15, -0.1) is 0 Å². The first kappa shape index (κ1) is 18.2. The van der Waals surface area contributed by atoms with Crippen LogP contribution in [0, 0.1) is 5.41 Å². The maximum atomic E-state index is 12.6. The number of hydrogen-bond donors (Lipinski definition) is 2. The maximum absolute atomic E-state index is 12.6. The molecule has 1 aromatic rings. The topological polar surface area (TPSA) is 95.7 Å². The van der Waals surface area contributed by atoms with Gasteiger partial charge in [-0.1, -0.05) is 6.07 Å². The highest BCUT2D eigenvalue weighted by atomic mass is 16.2. The molecule has 0 atom stereocenters. The van der Waals surface area contributed by atoms with Gasteiger partial charge in [0, 0.05) is 31.4 Å². The number of likely N-dealkylation sites (N-methyl/N-ethyl adjacent to an activating group) is 1. The Morgan fingerprint density at radius 2 is 1.96 bits per heavy atom. The van der Waals surface area contributed by atoms with E-state index >= 15 is 0 Å². The summed E-state index contributed by atoms with van der Waals surface area (Å²) < 4.78 is 0. The van der Waals surface area contributed by atoms with Crippen molar-refractivity contribution in [3.8, 4) is 0 Å². The second-order valence-electron chi connectivity index (χ2n) is 7.48. The number of likely N-dealkylation sites (tertiary alicyclic amines) is 1. The molecule has 7 nitrogen and oxygen atoms in total. The van der Waals surface area contributed by atoms with Crippen molar-refractivity contribution < 1.29 is 14.4 Å². The van der Waals surface area contributed by atoms with Crippen LogP contribution in [0.5, 0.6) is 0 Å². The summed E-state index contributed by atoms with van der Waals surface area (Å²) in [4.78, 5) is 39.0. The van der Waals surface area contributed by atoms with Crippen LogP contribution in [-0.4, -0.2) is 54.3 Å². The van der Waals surface area contributed by atoms with Gasteiger partial charge in [0.2, 0.25) is 5.91 Å². The van der Waals surface area contributed by atoms with Crippen LogP contribution < -0.4 is 11.1 Å². The van der Waals surface area contributed by atoms with Gasteiger partial charge in [0.15, 0.2) is 0 Å². The highest BCUT2D eigenvalue weighted by Crippen LogP contribution is 2.53. The van der Waals surface area contributed by atoms with Crippen molar-refractivity contribution in [2.75, 3.05) is 32.0 Å². The molecule has 0 unspecified atom stereocenters. The zero-order valence-electron chi connectivity index (χ0n) is 15.2. The Kier molecular flexibility index (Phi) is 5.15. The molecule has 2 fully saturated rings. The third-order valence-corrected chi connectivity index (χ3v) is 5.39. The van der Waals surface area contributed by atoms with Crippen LogP contribution in [0.25, 0.3) is 0 Å². The highest BCUT2D eigenvalue weighted by molar-refractivity contribution is 5.98. The van der Waals surface area contributed by atoms with E-state index in [1.807, 2.05) is 4.90 Å². The first-order valence-corrected chi connectivity index (χ1v) is 9.08. The lowest BCUT2D eigenvalue weighted by Crippen LogP contribution is -2.36. The summed E-state index contributed by atoms with van der Waals surface area (Å²) in [5.41, 5.74) is 6.61. The summed E-state index contributed by atoms with van der Waals surface area (Å²) in [6.45, 7) is 1.41. The lowest BCUT2D eigenvalue weighted by atomic mass is 9.98. The number of nitrogens with two attached hydrogens (primary N) is 1. The molecule has 4 amide bonds. The number of benzene rings is 1. The molecule has 1 saturated carbocycles. The molecular formula is C19H26N4O3. The van der Waals surface area contributed by atoms with Gasteiger partial charge in [-0.3, -0.25) is 9.59 Å². The molecule has 2 aliphatic rings. The number of carbonyl (C=O) groups is 3. The third-order valence-electron chi connectivity index (χ3n) is 5.39. The molecule has 1 aliphatic heterocycles. The summed E-state index contributed by atoms with van der Waals surface area (Å²) in [6.07, 6.45) is 5.94. The number of carbonyl (C=O) groups excluding carboxylic acids is 3. The van der Waals surface area contributed by atoms with Crippen LogP contribution >= 0.6 is 0 Å². The van der Waals surface area contributed by atoms with Crippen LogP contribution in [-0.2, 0) is 4.79 Å². The number of rotatable bonds is 4. The molecule has 1 aromatic carbocycles. The second-order valence-corrected chi connectivity index (χ2v) is 7.48. The van der Waals surface area contributed by atoms with E-state index in [2.05, 4.69) is 5.32 Å². The largest absolute Gasteiger partial charge is 0.368 e. The fraction of sp³-hybridized carbons (Fsp3) is 0.526. The van der Waals surface area contributed by atoms with Gasteiger partial charge in [-0.05, 0) is 55.7 Å². The average molecular weight is 358 g/mol. The van der Waals surface area contributed by atoms with Gasteiger partial charge in [-0.25, -0.2) is 4.79 Å². The van der Waals surface area contributed by atoms with Crippen molar-refractivity contribution in [1.82, 2.24) is 9.80 Å². The lowest BCUT2D eigenvalue weighted by molar-refractivity contribution is -0.118. The standard InChI is InChI=1S/C19H26N4O3/c1-22(13-16(20)24)17(25)14-4-2-5-15(12-14)21-18(26)23-10-3-6-19(7-8-19)9-11-23/h2,4-5,12H,3,6-11,13H2,1H3,(H2,20,24)(H,21,26). The summed E-state index contributed by atoms with van der Waals surface area (Å²) in [5.74, 6) is -0.884. The number of primary amides is 1. The Balaban J connectivity index is 1.61. The van der Waals surface area contributed by atoms with E-state index < -0.39 is 5.91 Å². The van der Waals surface area contributed by atoms with Gasteiger partial charge in [0.1, 0.15) is 0 Å². The van der Waals surface area contributed by atoms with E-state index in [0.29, 0.717) is 16.7 Å². The molecule has 26 heavy (non-hydrogen) atoms. The van der Waals surface area contributed by atoms with Crippen molar-refractivity contribution in [2.24, 2.45) is 11.1 Å². The molecule has 140 valence electrons. The molecule has 0 bridgehead atoms. The quantitative estimate of drug-likeness (QED) is 0.862. The molecule has 3 N–H and O–H groups in total. The van der Waals surface area contributed by atoms with Crippen molar-refractivity contribution in [3.63, 3.8) is 0 Å². The Hall–Kier alpha value is -2.57. The van der Waals surface area contributed by atoms with Gasteiger partial charge < -0.3 is 20.9 Å². The maximum Gasteiger partial charge on any atom is 0.321 e. The van der Waals surface area contributed by atoms with Crippen molar-refractivity contribution in [3.05, 3.63) is 29.8 Å². The van der Waals surface area contributed by atoms with E-state index in [9.17, 15) is 14.4 Å². The third kappa shape index (κ3) is 4.33. The fourth-order valence-electron chi connectivity index (χ4n) is 3.59. The molecule has 1 aliphatic carbocycles. The van der Waals surface area contributed by atoms with E-state index in [-0.39, 0.29) is 18.5 Å². The predicted molar refractivity (Wildman–Crippen MR) is 98.7 cm³/mol. The predicted octanol–water partition coefficient (Wildman–Crippen LogP) is 2.04. The van der Waals surface area contributed by atoms with E-state index in [1.165, 1.54) is 31.2 Å². The Morgan fingerprint density at radius 3 is 2.65 bits per heavy atom. The molecule has 1 heterocycles. The zero-order chi connectivity index (χ0) is 18.7. The molecule has 3 rings (SSSR count). The molecule has 7 heteroatoms. The number of anilines is 1. The zero-order valence-corrected chi connectivity index (χ0v) is 15.2. The van der Waals surface area contributed by atoms with Crippen LogP contribution in [0.3, 0.4) is 0 Å². The average Bonchev–Trinajstić information content (AvgIpc) is 3.40. The van der Waals surface area contributed by atoms with Crippen LogP contribution in [0.4, 0.5) is 10.5 Å². The summed E-state index contributed by atoms with van der Waals surface area (Å²) in [6, 6.07) is 6.61. The monoisotopic (exact) mass is 358 g/mol. The fourth-order valence-corrected chi connectivity index (χ4v) is 3.59. The lowest BCUT2D eigenvalue weighted by Gasteiger charge is -2.21. The first-order valence-electron chi connectivity index (χ1n) is 9.08. The van der Waals surface area contributed by atoms with Crippen molar-refractivity contribution >= 4 is 23.5 Å². The number of nitrogens with one attached hydrogen (secondary N) is 1. The van der Waals surface area contributed by atoms with Crippen LogP contribution in [0.15, 0.2) is 24.3 Å². The summed E-state index contributed by atoms with van der Waals surface area (Å²) >= 11 is 0.